The molecule has 0 unspecified atom stereocenters. The quantitative estimate of drug-likeness (QED) is 0.398. The molecule has 2 N–H and O–H groups in total. The molecule has 1 saturated heterocycles. The van der Waals surface area contributed by atoms with Crippen LogP contribution in [0.15, 0.2) is 53.6 Å². The summed E-state index contributed by atoms with van der Waals surface area (Å²) in [7, 11) is 0. The van der Waals surface area contributed by atoms with Crippen molar-refractivity contribution in [3.8, 4) is 11.4 Å². The number of anilines is 3. The SMILES string of the molecule is c1cc(-c2nc(N3CCNCC3)c3c(C4CC4)cncc3n2)cc(Nc2ccc3nonc3c2)n1. The van der Waals surface area contributed by atoms with E-state index in [9.17, 15) is 0 Å². The summed E-state index contributed by atoms with van der Waals surface area (Å²) in [5.41, 5.74) is 5.30. The van der Waals surface area contributed by atoms with Gasteiger partial charge in [-0.2, -0.15) is 0 Å². The first-order valence-electron chi connectivity index (χ1n) is 11.9. The summed E-state index contributed by atoms with van der Waals surface area (Å²) in [6.07, 6.45) is 8.05. The van der Waals surface area contributed by atoms with E-state index >= 15 is 0 Å². The number of benzene rings is 1. The minimum atomic E-state index is 0.566. The molecule has 1 saturated carbocycles. The molecular weight excluding hydrogens is 442 g/mol. The van der Waals surface area contributed by atoms with Crippen LogP contribution in [0.3, 0.4) is 0 Å². The number of hydrogen-bond acceptors (Lipinski definition) is 10. The van der Waals surface area contributed by atoms with Gasteiger partial charge in [0, 0.05) is 55.2 Å². The zero-order valence-corrected chi connectivity index (χ0v) is 19.0. The molecule has 5 heterocycles. The zero-order chi connectivity index (χ0) is 23.2. The van der Waals surface area contributed by atoms with E-state index in [1.165, 1.54) is 18.4 Å². The van der Waals surface area contributed by atoms with Crippen LogP contribution in [0.5, 0.6) is 0 Å². The number of piperazine rings is 1. The molecule has 10 nitrogen and oxygen atoms in total. The van der Waals surface area contributed by atoms with Crippen LogP contribution in [0.2, 0.25) is 0 Å². The van der Waals surface area contributed by atoms with Gasteiger partial charge in [-0.05, 0) is 65.0 Å². The maximum absolute atomic E-state index is 5.12. The van der Waals surface area contributed by atoms with E-state index in [1.54, 1.807) is 6.20 Å². The van der Waals surface area contributed by atoms with Crippen LogP contribution in [0.4, 0.5) is 17.3 Å². The van der Waals surface area contributed by atoms with Crippen LogP contribution >= 0.6 is 0 Å². The van der Waals surface area contributed by atoms with E-state index in [-0.39, 0.29) is 0 Å². The first-order valence-corrected chi connectivity index (χ1v) is 11.9. The van der Waals surface area contributed by atoms with Crippen molar-refractivity contribution in [2.45, 2.75) is 18.8 Å². The van der Waals surface area contributed by atoms with Gasteiger partial charge in [0.2, 0.25) is 0 Å². The molecule has 0 atom stereocenters. The third-order valence-corrected chi connectivity index (χ3v) is 6.60. The lowest BCUT2D eigenvalue weighted by molar-refractivity contribution is 0.315. The van der Waals surface area contributed by atoms with Crippen molar-refractivity contribution >= 4 is 39.3 Å². The Bertz CT molecular complexity index is 1540. The van der Waals surface area contributed by atoms with Crippen molar-refractivity contribution in [2.75, 3.05) is 36.4 Å². The molecule has 4 aromatic heterocycles. The average Bonchev–Trinajstić information content (AvgIpc) is 3.65. The Morgan fingerprint density at radius 1 is 0.943 bits per heavy atom. The van der Waals surface area contributed by atoms with Crippen LogP contribution in [-0.4, -0.2) is 56.4 Å². The summed E-state index contributed by atoms with van der Waals surface area (Å²) < 4.78 is 4.80. The molecular formula is C25H23N9O. The Morgan fingerprint density at radius 3 is 2.71 bits per heavy atom. The van der Waals surface area contributed by atoms with Crippen LogP contribution in [0.1, 0.15) is 24.3 Å². The largest absolute Gasteiger partial charge is 0.353 e. The number of fused-ring (bicyclic) bond motifs is 2. The fourth-order valence-corrected chi connectivity index (χ4v) is 4.67. The molecule has 1 aliphatic heterocycles. The normalized spacial score (nSPS) is 16.2. The van der Waals surface area contributed by atoms with Gasteiger partial charge in [0.15, 0.2) is 5.82 Å². The summed E-state index contributed by atoms with van der Waals surface area (Å²) in [6, 6.07) is 9.55. The molecule has 0 bridgehead atoms. The lowest BCUT2D eigenvalue weighted by Crippen LogP contribution is -2.44. The second-order valence-corrected chi connectivity index (χ2v) is 9.03. The third kappa shape index (κ3) is 3.81. The highest BCUT2D eigenvalue weighted by Crippen LogP contribution is 2.44. The Kier molecular flexibility index (Phi) is 4.76. The van der Waals surface area contributed by atoms with Crippen LogP contribution < -0.4 is 15.5 Å². The van der Waals surface area contributed by atoms with Gasteiger partial charge in [-0.3, -0.25) is 4.98 Å². The highest BCUT2D eigenvalue weighted by Gasteiger charge is 2.29. The van der Waals surface area contributed by atoms with Crippen molar-refractivity contribution < 1.29 is 4.63 Å². The number of pyridine rings is 2. The molecule has 0 radical (unpaired) electrons. The summed E-state index contributed by atoms with van der Waals surface area (Å²) in [5, 5.41) is 15.7. The van der Waals surface area contributed by atoms with E-state index in [0.29, 0.717) is 28.6 Å². The smallest absolute Gasteiger partial charge is 0.162 e. The van der Waals surface area contributed by atoms with Crippen molar-refractivity contribution in [1.29, 1.82) is 0 Å². The van der Waals surface area contributed by atoms with E-state index < -0.39 is 0 Å². The second-order valence-electron chi connectivity index (χ2n) is 9.03. The van der Waals surface area contributed by atoms with Gasteiger partial charge in [0.05, 0.1) is 11.7 Å². The Morgan fingerprint density at radius 2 is 1.83 bits per heavy atom. The fourth-order valence-electron chi connectivity index (χ4n) is 4.67. The minimum Gasteiger partial charge on any atom is -0.353 e. The van der Waals surface area contributed by atoms with Crippen LogP contribution in [0.25, 0.3) is 33.3 Å². The number of hydrogen-bond donors (Lipinski definition) is 2. The van der Waals surface area contributed by atoms with Gasteiger partial charge < -0.3 is 15.5 Å². The van der Waals surface area contributed by atoms with E-state index in [1.807, 2.05) is 42.7 Å². The molecule has 2 aliphatic rings. The highest BCUT2D eigenvalue weighted by molar-refractivity contribution is 5.94. The second kappa shape index (κ2) is 8.24. The summed E-state index contributed by atoms with van der Waals surface area (Å²) >= 11 is 0. The molecule has 1 aromatic carbocycles. The lowest BCUT2D eigenvalue weighted by atomic mass is 10.1. The standard InChI is InChI=1S/C25H23N9O/c1-2-15(1)18-13-27-14-21-23(18)25(34-9-7-26-8-10-34)31-24(30-21)16-5-6-28-22(11-16)29-17-3-4-19-20(12-17)33-35-32-19/h3-6,11-15,26H,1-2,7-10H2,(H,28,29). The van der Waals surface area contributed by atoms with Gasteiger partial charge in [-0.1, -0.05) is 0 Å². The highest BCUT2D eigenvalue weighted by atomic mass is 16.6. The van der Waals surface area contributed by atoms with Gasteiger partial charge >= 0.3 is 0 Å². The Labute approximate surface area is 200 Å². The molecule has 7 rings (SSSR count). The van der Waals surface area contributed by atoms with Crippen molar-refractivity contribution in [3.63, 3.8) is 0 Å². The summed E-state index contributed by atoms with van der Waals surface area (Å²) in [6.45, 7) is 3.72. The molecule has 5 aromatic rings. The van der Waals surface area contributed by atoms with Crippen molar-refractivity contribution in [1.82, 2.24) is 35.6 Å². The van der Waals surface area contributed by atoms with Gasteiger partial charge in [-0.25, -0.2) is 19.6 Å². The Hall–Kier alpha value is -4.18. The lowest BCUT2D eigenvalue weighted by Gasteiger charge is -2.30. The molecule has 174 valence electrons. The number of nitrogens with one attached hydrogen (secondary N) is 2. The maximum atomic E-state index is 5.12. The molecule has 2 fully saturated rings. The van der Waals surface area contributed by atoms with Crippen molar-refractivity contribution in [3.05, 3.63) is 54.5 Å². The minimum absolute atomic E-state index is 0.566. The summed E-state index contributed by atoms with van der Waals surface area (Å²) in [5.74, 6) is 2.93. The van der Waals surface area contributed by atoms with Gasteiger partial charge in [-0.15, -0.1) is 0 Å². The molecule has 0 amide bonds. The molecule has 0 spiro atoms. The zero-order valence-electron chi connectivity index (χ0n) is 19.0. The van der Waals surface area contributed by atoms with E-state index in [2.05, 4.69) is 35.8 Å². The third-order valence-electron chi connectivity index (χ3n) is 6.60. The molecule has 1 aliphatic carbocycles. The predicted octanol–water partition coefficient (Wildman–Crippen LogP) is 3.65. The monoisotopic (exact) mass is 465 g/mol. The van der Waals surface area contributed by atoms with Gasteiger partial charge in [0.1, 0.15) is 22.7 Å². The van der Waals surface area contributed by atoms with Gasteiger partial charge in [0.25, 0.3) is 0 Å². The number of aromatic nitrogens is 6. The molecule has 35 heavy (non-hydrogen) atoms. The number of nitrogens with zero attached hydrogens (tertiary/aromatic N) is 7. The first-order chi connectivity index (χ1) is 17.3. The summed E-state index contributed by atoms with van der Waals surface area (Å²) in [4.78, 5) is 21.5. The van der Waals surface area contributed by atoms with E-state index in [0.717, 1.165) is 54.2 Å². The van der Waals surface area contributed by atoms with Crippen LogP contribution in [0, 0.1) is 0 Å². The fraction of sp³-hybridized carbons (Fsp3) is 0.280. The van der Waals surface area contributed by atoms with E-state index in [4.69, 9.17) is 14.6 Å². The first kappa shape index (κ1) is 20.2. The molecule has 10 heteroatoms. The van der Waals surface area contributed by atoms with Crippen molar-refractivity contribution in [2.24, 2.45) is 0 Å². The maximum Gasteiger partial charge on any atom is 0.162 e. The Balaban J connectivity index is 1.30. The predicted molar refractivity (Wildman–Crippen MR) is 133 cm³/mol. The van der Waals surface area contributed by atoms with Crippen LogP contribution in [-0.2, 0) is 0 Å². The topological polar surface area (TPSA) is 118 Å². The average molecular weight is 466 g/mol. The number of rotatable bonds is 5.